The molecule has 1 nitrogen and oxygen atoms in total. The lowest BCUT2D eigenvalue weighted by Crippen LogP contribution is -2.16. The van der Waals surface area contributed by atoms with Gasteiger partial charge in [-0.25, -0.2) is 0 Å². The molecule has 0 radical (unpaired) electrons. The van der Waals surface area contributed by atoms with Crippen LogP contribution in [0.5, 0.6) is 0 Å². The molecule has 0 heterocycles. The minimum atomic E-state index is -1.03. The van der Waals surface area contributed by atoms with Crippen molar-refractivity contribution in [2.24, 2.45) is 0 Å². The summed E-state index contributed by atoms with van der Waals surface area (Å²) < 4.78 is 0. The predicted molar refractivity (Wildman–Crippen MR) is 59.5 cm³/mol. The zero-order valence-electron chi connectivity index (χ0n) is 8.03. The highest BCUT2D eigenvalue weighted by molar-refractivity contribution is 6.31. The van der Waals surface area contributed by atoms with Crippen LogP contribution in [0.1, 0.15) is 12.5 Å². The standard InChI is InChI=1S/C11H16OSi/c1-3-11(2,13-12)9-10-7-5-4-6-8-10/h3-8,12H,1,9,13H2,2H3. The van der Waals surface area contributed by atoms with Gasteiger partial charge >= 0.3 is 0 Å². The summed E-state index contributed by atoms with van der Waals surface area (Å²) in [6.07, 6.45) is 2.78. The first kappa shape index (κ1) is 10.2. The molecular formula is C11H16OSi. The Bertz CT molecular complexity index is 271. The normalized spacial score (nSPS) is 15.8. The van der Waals surface area contributed by atoms with Crippen molar-refractivity contribution < 1.29 is 4.80 Å². The number of benzene rings is 1. The second kappa shape index (κ2) is 4.39. The Balaban J connectivity index is 2.73. The quantitative estimate of drug-likeness (QED) is 0.568. The number of allylic oxidation sites excluding steroid dienone is 1. The lowest BCUT2D eigenvalue weighted by molar-refractivity contribution is 0.547. The van der Waals surface area contributed by atoms with Crippen molar-refractivity contribution >= 4 is 9.76 Å². The molecule has 0 saturated carbocycles. The highest BCUT2D eigenvalue weighted by Crippen LogP contribution is 2.29. The van der Waals surface area contributed by atoms with Crippen LogP contribution in [-0.2, 0) is 6.42 Å². The van der Waals surface area contributed by atoms with Crippen LogP contribution >= 0.6 is 0 Å². The van der Waals surface area contributed by atoms with Crippen LogP contribution in [0, 0.1) is 0 Å². The van der Waals surface area contributed by atoms with Gasteiger partial charge in [0, 0.05) is 5.04 Å². The van der Waals surface area contributed by atoms with Crippen molar-refractivity contribution in [2.75, 3.05) is 0 Å². The Kier molecular flexibility index (Phi) is 3.45. The molecule has 0 aliphatic carbocycles. The summed E-state index contributed by atoms with van der Waals surface area (Å²) >= 11 is 0. The van der Waals surface area contributed by atoms with Gasteiger partial charge in [-0.05, 0) is 12.0 Å². The SMILES string of the molecule is C=CC(C)(Cc1ccccc1)[SiH2]O. The average Bonchev–Trinajstić information content (AvgIpc) is 2.19. The van der Waals surface area contributed by atoms with E-state index < -0.39 is 9.76 Å². The highest BCUT2D eigenvalue weighted by atomic mass is 28.2. The van der Waals surface area contributed by atoms with Gasteiger partial charge in [0.2, 0.25) is 0 Å². The van der Waals surface area contributed by atoms with E-state index in [2.05, 4.69) is 25.6 Å². The molecule has 0 fully saturated rings. The fourth-order valence-corrected chi connectivity index (χ4v) is 1.78. The third-order valence-electron chi connectivity index (χ3n) is 2.30. The minimum Gasteiger partial charge on any atom is -0.437 e. The summed E-state index contributed by atoms with van der Waals surface area (Å²) in [6.45, 7) is 5.84. The summed E-state index contributed by atoms with van der Waals surface area (Å²) in [5.74, 6) is 0. The van der Waals surface area contributed by atoms with Gasteiger partial charge in [0.1, 0.15) is 0 Å². The highest BCUT2D eigenvalue weighted by Gasteiger charge is 2.19. The van der Waals surface area contributed by atoms with E-state index in [0.29, 0.717) is 0 Å². The maximum absolute atomic E-state index is 9.31. The van der Waals surface area contributed by atoms with Crippen molar-refractivity contribution in [3.8, 4) is 0 Å². The molecule has 70 valence electrons. The summed E-state index contributed by atoms with van der Waals surface area (Å²) in [7, 11) is -1.03. The molecule has 2 heteroatoms. The zero-order chi connectivity index (χ0) is 9.73. The molecule has 13 heavy (non-hydrogen) atoms. The maximum atomic E-state index is 9.31. The Labute approximate surface area is 82.1 Å². The molecule has 1 unspecified atom stereocenters. The Hall–Kier alpha value is -0.863. The van der Waals surface area contributed by atoms with Gasteiger partial charge < -0.3 is 4.80 Å². The molecule has 0 aliphatic rings. The van der Waals surface area contributed by atoms with Crippen molar-refractivity contribution in [2.45, 2.75) is 18.4 Å². The number of rotatable bonds is 4. The Morgan fingerprint density at radius 3 is 2.54 bits per heavy atom. The minimum absolute atomic E-state index is 0.0542. The van der Waals surface area contributed by atoms with E-state index in [-0.39, 0.29) is 5.04 Å². The van der Waals surface area contributed by atoms with Gasteiger partial charge in [-0.15, -0.1) is 6.58 Å². The number of hydrogen-bond donors (Lipinski definition) is 1. The molecule has 1 atom stereocenters. The molecule has 1 rings (SSSR count). The first-order chi connectivity index (χ1) is 6.20. The van der Waals surface area contributed by atoms with Crippen molar-refractivity contribution in [3.05, 3.63) is 48.6 Å². The van der Waals surface area contributed by atoms with Crippen LogP contribution < -0.4 is 0 Å². The molecule has 0 aromatic heterocycles. The van der Waals surface area contributed by atoms with Crippen LogP contribution in [0.25, 0.3) is 0 Å². The van der Waals surface area contributed by atoms with Crippen molar-refractivity contribution in [3.63, 3.8) is 0 Å². The molecule has 1 aromatic carbocycles. The van der Waals surface area contributed by atoms with Crippen LogP contribution in [0.2, 0.25) is 5.04 Å². The van der Waals surface area contributed by atoms with E-state index in [1.165, 1.54) is 5.56 Å². The first-order valence-electron chi connectivity index (χ1n) is 4.48. The van der Waals surface area contributed by atoms with E-state index in [1.807, 2.05) is 24.3 Å². The monoisotopic (exact) mass is 192 g/mol. The topological polar surface area (TPSA) is 20.2 Å². The van der Waals surface area contributed by atoms with Crippen LogP contribution in [0.4, 0.5) is 0 Å². The first-order valence-corrected chi connectivity index (χ1v) is 5.82. The van der Waals surface area contributed by atoms with Crippen LogP contribution in [0.15, 0.2) is 43.0 Å². The molecule has 0 aliphatic heterocycles. The van der Waals surface area contributed by atoms with Gasteiger partial charge in [0.15, 0.2) is 9.76 Å². The van der Waals surface area contributed by atoms with E-state index in [9.17, 15) is 4.80 Å². The third kappa shape index (κ3) is 2.83. The van der Waals surface area contributed by atoms with E-state index in [1.54, 1.807) is 0 Å². The summed E-state index contributed by atoms with van der Waals surface area (Å²) in [6, 6.07) is 10.2. The predicted octanol–water partition coefficient (Wildman–Crippen LogP) is 1.67. The molecule has 1 N–H and O–H groups in total. The van der Waals surface area contributed by atoms with E-state index in [0.717, 1.165) is 6.42 Å². The van der Waals surface area contributed by atoms with Gasteiger partial charge in [-0.2, -0.15) is 0 Å². The average molecular weight is 192 g/mol. The second-order valence-corrected chi connectivity index (χ2v) is 5.61. The fourth-order valence-electron chi connectivity index (χ4n) is 1.25. The largest absolute Gasteiger partial charge is 0.437 e. The Morgan fingerprint density at radius 1 is 1.46 bits per heavy atom. The van der Waals surface area contributed by atoms with Gasteiger partial charge in [-0.1, -0.05) is 43.3 Å². The van der Waals surface area contributed by atoms with Gasteiger partial charge in [0.05, 0.1) is 0 Å². The van der Waals surface area contributed by atoms with E-state index >= 15 is 0 Å². The lowest BCUT2D eigenvalue weighted by atomic mass is 10.0. The molecule has 0 amide bonds. The van der Waals surface area contributed by atoms with E-state index in [4.69, 9.17) is 0 Å². The molecule has 0 bridgehead atoms. The molecule has 0 saturated heterocycles. The van der Waals surface area contributed by atoms with Gasteiger partial charge in [0.25, 0.3) is 0 Å². The number of hydrogen-bond acceptors (Lipinski definition) is 1. The smallest absolute Gasteiger partial charge is 0.166 e. The summed E-state index contributed by atoms with van der Waals surface area (Å²) in [4.78, 5) is 9.31. The van der Waals surface area contributed by atoms with Crippen molar-refractivity contribution in [1.82, 2.24) is 0 Å². The molecule has 1 aromatic rings. The van der Waals surface area contributed by atoms with Crippen LogP contribution in [-0.4, -0.2) is 14.6 Å². The zero-order valence-corrected chi connectivity index (χ0v) is 9.45. The fraction of sp³-hybridized carbons (Fsp3) is 0.273. The molecule has 0 spiro atoms. The van der Waals surface area contributed by atoms with Crippen LogP contribution in [0.3, 0.4) is 0 Å². The lowest BCUT2D eigenvalue weighted by Gasteiger charge is -2.21. The van der Waals surface area contributed by atoms with Gasteiger partial charge in [-0.3, -0.25) is 0 Å². The maximum Gasteiger partial charge on any atom is 0.166 e. The summed E-state index contributed by atoms with van der Waals surface area (Å²) in [5, 5.41) is -0.0542. The second-order valence-electron chi connectivity index (χ2n) is 3.68. The van der Waals surface area contributed by atoms with Crippen molar-refractivity contribution in [1.29, 1.82) is 0 Å². The Morgan fingerprint density at radius 2 is 2.08 bits per heavy atom. The third-order valence-corrected chi connectivity index (χ3v) is 3.57. The summed E-state index contributed by atoms with van der Waals surface area (Å²) in [5.41, 5.74) is 1.27. The molecular weight excluding hydrogens is 176 g/mol.